The molecule has 0 rings (SSSR count). The van der Waals surface area contributed by atoms with Crippen LogP contribution in [-0.2, 0) is 0 Å². The Morgan fingerprint density at radius 2 is 1.88 bits per heavy atom. The number of hydrogen-bond acceptors (Lipinski definition) is 2. The van der Waals surface area contributed by atoms with Crippen molar-refractivity contribution in [3.8, 4) is 0 Å². The lowest BCUT2D eigenvalue weighted by atomic mass is 10.3. The average Bonchev–Trinajstić information content (AvgIpc) is 1.66. The number of thiol groups is 1. The molecule has 0 heterocycles. The van der Waals surface area contributed by atoms with Gasteiger partial charge in [0.2, 0.25) is 0 Å². The Morgan fingerprint density at radius 1 is 1.25 bits per heavy atom. The third-order valence-corrected chi connectivity index (χ3v) is 1.33. The highest BCUT2D eigenvalue weighted by Crippen LogP contribution is 1.91. The summed E-state index contributed by atoms with van der Waals surface area (Å²) in [5.41, 5.74) is 0. The summed E-state index contributed by atoms with van der Waals surface area (Å²) in [6.07, 6.45) is 2.51. The summed E-state index contributed by atoms with van der Waals surface area (Å²) in [7, 11) is 4.19. The fourth-order valence-electron chi connectivity index (χ4n) is 0.540. The van der Waals surface area contributed by atoms with Crippen molar-refractivity contribution in [3.05, 3.63) is 0 Å². The van der Waals surface area contributed by atoms with Crippen LogP contribution in [0.5, 0.6) is 0 Å². The highest BCUT2D eigenvalue weighted by atomic mass is 32.1. The predicted molar refractivity (Wildman–Crippen MR) is 41.6 cm³/mol. The van der Waals surface area contributed by atoms with E-state index in [9.17, 15) is 0 Å². The number of unbranched alkanes of at least 4 members (excludes halogenated alkanes) is 1. The molecule has 0 aromatic rings. The highest BCUT2D eigenvalue weighted by Gasteiger charge is 1.86. The molecule has 2 heteroatoms. The summed E-state index contributed by atoms with van der Waals surface area (Å²) >= 11 is 4.10. The molecule has 1 nitrogen and oxygen atoms in total. The molecule has 0 saturated carbocycles. The molecule has 0 aliphatic carbocycles. The molecule has 0 saturated heterocycles. The lowest BCUT2D eigenvalue weighted by Gasteiger charge is -2.06. The fraction of sp³-hybridized carbons (Fsp3) is 1.00. The molecule has 0 aromatic carbocycles. The SMILES string of the molecule is CN(C)CCCCS. The Labute approximate surface area is 57.5 Å². The first-order valence-corrected chi connectivity index (χ1v) is 3.66. The van der Waals surface area contributed by atoms with Gasteiger partial charge in [0.15, 0.2) is 0 Å². The van der Waals surface area contributed by atoms with Crippen molar-refractivity contribution in [3.63, 3.8) is 0 Å². The van der Waals surface area contributed by atoms with Gasteiger partial charge >= 0.3 is 0 Å². The van der Waals surface area contributed by atoms with Crippen LogP contribution < -0.4 is 0 Å². The molecular formula is C6H15NS. The minimum Gasteiger partial charge on any atom is -0.309 e. The van der Waals surface area contributed by atoms with Crippen LogP contribution >= 0.6 is 12.6 Å². The van der Waals surface area contributed by atoms with Gasteiger partial charge in [0.1, 0.15) is 0 Å². The third kappa shape index (κ3) is 6.31. The van der Waals surface area contributed by atoms with E-state index in [-0.39, 0.29) is 0 Å². The van der Waals surface area contributed by atoms with Crippen LogP contribution in [0, 0.1) is 0 Å². The topological polar surface area (TPSA) is 3.24 Å². The van der Waals surface area contributed by atoms with Gasteiger partial charge in [-0.25, -0.2) is 0 Å². The van der Waals surface area contributed by atoms with Gasteiger partial charge in [-0.2, -0.15) is 12.6 Å². The second kappa shape index (κ2) is 5.45. The van der Waals surface area contributed by atoms with E-state index < -0.39 is 0 Å². The van der Waals surface area contributed by atoms with Crippen molar-refractivity contribution in [1.82, 2.24) is 4.90 Å². The first-order chi connectivity index (χ1) is 3.77. The Hall–Kier alpha value is 0.310. The molecule has 8 heavy (non-hydrogen) atoms. The zero-order valence-corrected chi connectivity index (χ0v) is 6.62. The van der Waals surface area contributed by atoms with Gasteiger partial charge in [-0.15, -0.1) is 0 Å². The maximum atomic E-state index is 4.10. The van der Waals surface area contributed by atoms with Gasteiger partial charge in [-0.05, 0) is 39.2 Å². The van der Waals surface area contributed by atoms with Crippen LogP contribution in [0.1, 0.15) is 12.8 Å². The van der Waals surface area contributed by atoms with Crippen LogP contribution in [0.15, 0.2) is 0 Å². The zero-order valence-electron chi connectivity index (χ0n) is 5.72. The van der Waals surface area contributed by atoms with E-state index in [0.29, 0.717) is 0 Å². The summed E-state index contributed by atoms with van der Waals surface area (Å²) < 4.78 is 0. The van der Waals surface area contributed by atoms with Gasteiger partial charge in [0.25, 0.3) is 0 Å². The minimum absolute atomic E-state index is 1.02. The average molecular weight is 133 g/mol. The lowest BCUT2D eigenvalue weighted by Crippen LogP contribution is -2.12. The Kier molecular flexibility index (Phi) is 5.66. The molecule has 0 aromatic heterocycles. The maximum absolute atomic E-state index is 4.10. The van der Waals surface area contributed by atoms with Crippen molar-refractivity contribution in [2.45, 2.75) is 12.8 Å². The summed E-state index contributed by atoms with van der Waals surface area (Å²) in [6, 6.07) is 0. The molecule has 0 radical (unpaired) electrons. The first kappa shape index (κ1) is 8.31. The molecule has 0 bridgehead atoms. The Bertz CT molecular complexity index is 45.8. The van der Waals surface area contributed by atoms with E-state index in [4.69, 9.17) is 0 Å². The monoisotopic (exact) mass is 133 g/mol. The maximum Gasteiger partial charge on any atom is -0.00245 e. The van der Waals surface area contributed by atoms with Gasteiger partial charge in [0, 0.05) is 0 Å². The van der Waals surface area contributed by atoms with Crippen LogP contribution in [0.4, 0.5) is 0 Å². The quantitative estimate of drug-likeness (QED) is 0.446. The molecule has 50 valence electrons. The van der Waals surface area contributed by atoms with Gasteiger partial charge < -0.3 is 4.90 Å². The molecule has 0 fully saturated rings. The second-order valence-electron chi connectivity index (χ2n) is 2.23. The van der Waals surface area contributed by atoms with E-state index in [2.05, 4.69) is 31.6 Å². The van der Waals surface area contributed by atoms with E-state index in [1.54, 1.807) is 0 Å². The third-order valence-electron chi connectivity index (χ3n) is 1.01. The molecule has 0 unspecified atom stereocenters. The van der Waals surface area contributed by atoms with Crippen molar-refractivity contribution < 1.29 is 0 Å². The number of rotatable bonds is 4. The number of hydrogen-bond donors (Lipinski definition) is 1. The number of nitrogens with zero attached hydrogens (tertiary/aromatic N) is 1. The van der Waals surface area contributed by atoms with Crippen LogP contribution in [0.2, 0.25) is 0 Å². The Balaban J connectivity index is 2.72. The lowest BCUT2D eigenvalue weighted by molar-refractivity contribution is 0.399. The summed E-state index contributed by atoms with van der Waals surface area (Å²) in [4.78, 5) is 2.20. The van der Waals surface area contributed by atoms with E-state index in [1.807, 2.05) is 0 Å². The summed E-state index contributed by atoms with van der Waals surface area (Å²) in [6.45, 7) is 1.20. The molecule has 0 N–H and O–H groups in total. The molecule has 0 atom stereocenters. The van der Waals surface area contributed by atoms with Gasteiger partial charge in [-0.1, -0.05) is 0 Å². The summed E-state index contributed by atoms with van der Waals surface area (Å²) in [5, 5.41) is 0. The van der Waals surface area contributed by atoms with Crippen molar-refractivity contribution in [1.29, 1.82) is 0 Å². The smallest absolute Gasteiger partial charge is 0.00245 e. The van der Waals surface area contributed by atoms with E-state index in [1.165, 1.54) is 19.4 Å². The Morgan fingerprint density at radius 3 is 2.25 bits per heavy atom. The molecule has 0 aliphatic heterocycles. The van der Waals surface area contributed by atoms with E-state index >= 15 is 0 Å². The van der Waals surface area contributed by atoms with Gasteiger partial charge in [-0.3, -0.25) is 0 Å². The van der Waals surface area contributed by atoms with Crippen LogP contribution in [0.3, 0.4) is 0 Å². The molecular weight excluding hydrogens is 118 g/mol. The van der Waals surface area contributed by atoms with Gasteiger partial charge in [0.05, 0.1) is 0 Å². The van der Waals surface area contributed by atoms with E-state index in [0.717, 1.165) is 5.75 Å². The predicted octanol–water partition coefficient (Wildman–Crippen LogP) is 1.26. The first-order valence-electron chi connectivity index (χ1n) is 3.03. The minimum atomic E-state index is 1.02. The normalized spacial score (nSPS) is 10.5. The second-order valence-corrected chi connectivity index (χ2v) is 2.68. The molecule has 0 spiro atoms. The van der Waals surface area contributed by atoms with Crippen molar-refractivity contribution in [2.75, 3.05) is 26.4 Å². The highest BCUT2D eigenvalue weighted by molar-refractivity contribution is 7.80. The van der Waals surface area contributed by atoms with Crippen LogP contribution in [-0.4, -0.2) is 31.3 Å². The fourth-order valence-corrected chi connectivity index (χ4v) is 0.763. The van der Waals surface area contributed by atoms with Crippen LogP contribution in [0.25, 0.3) is 0 Å². The largest absolute Gasteiger partial charge is 0.309 e. The summed E-state index contributed by atoms with van der Waals surface area (Å²) in [5.74, 6) is 1.02. The molecule has 0 amide bonds. The zero-order chi connectivity index (χ0) is 6.41. The standard InChI is InChI=1S/C6H15NS/c1-7(2)5-3-4-6-8/h8H,3-6H2,1-2H3. The van der Waals surface area contributed by atoms with Crippen molar-refractivity contribution in [2.24, 2.45) is 0 Å². The van der Waals surface area contributed by atoms with Crippen molar-refractivity contribution >= 4 is 12.6 Å². The molecule has 0 aliphatic rings.